The number of carboxylic acid groups (broad SMARTS) is 1. The molecule has 320 valence electrons. The molecule has 8 heteroatoms. The van der Waals surface area contributed by atoms with Gasteiger partial charge in [0.25, 0.3) is 0 Å². The van der Waals surface area contributed by atoms with E-state index in [1.54, 1.807) is 0 Å². The van der Waals surface area contributed by atoms with Crippen LogP contribution in [-0.2, 0) is 28.6 Å². The third kappa shape index (κ3) is 36.9. The van der Waals surface area contributed by atoms with Crippen molar-refractivity contribution in [2.45, 2.75) is 206 Å². The summed E-state index contributed by atoms with van der Waals surface area (Å²) in [7, 11) is 5.51. The molecule has 55 heavy (non-hydrogen) atoms. The van der Waals surface area contributed by atoms with E-state index in [2.05, 4.69) is 44.2 Å². The van der Waals surface area contributed by atoms with Crippen molar-refractivity contribution >= 4 is 17.9 Å². The molecule has 0 heterocycles. The van der Waals surface area contributed by atoms with Crippen molar-refractivity contribution in [3.8, 4) is 0 Å². The summed E-state index contributed by atoms with van der Waals surface area (Å²) in [6.45, 7) is 4.66. The Labute approximate surface area is 338 Å². The van der Waals surface area contributed by atoms with Gasteiger partial charge in [0.1, 0.15) is 6.61 Å². The van der Waals surface area contributed by atoms with Gasteiger partial charge in [0, 0.05) is 19.3 Å². The Kier molecular flexibility index (Phi) is 36.7. The Hall–Kier alpha value is -2.45. The minimum Gasteiger partial charge on any atom is -0.477 e. The fraction of sp³-hybridized carbons (Fsp3) is 0.809. The number of carbonyl (C=O) groups excluding carboxylic acids is 2. The highest BCUT2D eigenvalue weighted by Crippen LogP contribution is 2.13. The third-order valence-corrected chi connectivity index (χ3v) is 10.0. The number of quaternary nitrogens is 1. The van der Waals surface area contributed by atoms with Crippen LogP contribution in [0.15, 0.2) is 36.5 Å². The Morgan fingerprint density at radius 3 is 1.49 bits per heavy atom. The van der Waals surface area contributed by atoms with Crippen molar-refractivity contribution < 1.29 is 38.2 Å². The number of carbonyl (C=O) groups is 3. The first-order valence-electron chi connectivity index (χ1n) is 22.5. The number of rotatable bonds is 40. The second-order valence-corrected chi connectivity index (χ2v) is 16.3. The first-order chi connectivity index (χ1) is 26.6. The van der Waals surface area contributed by atoms with Crippen molar-refractivity contribution in [2.24, 2.45) is 0 Å². The average Bonchev–Trinajstić information content (AvgIpc) is 3.14. The zero-order valence-electron chi connectivity index (χ0n) is 36.4. The molecule has 1 N–H and O–H groups in total. The van der Waals surface area contributed by atoms with E-state index >= 15 is 0 Å². The molecule has 0 bridgehead atoms. The minimum absolute atomic E-state index is 0.0371. The quantitative estimate of drug-likeness (QED) is 0.0286. The second kappa shape index (κ2) is 38.4. The number of unbranched alkanes of at least 4 members (excludes halogenated alkanes) is 20. The lowest BCUT2D eigenvalue weighted by Crippen LogP contribution is -2.50. The Morgan fingerprint density at radius 2 is 1.00 bits per heavy atom. The molecule has 8 nitrogen and oxygen atoms in total. The second-order valence-electron chi connectivity index (χ2n) is 16.3. The fourth-order valence-electron chi connectivity index (χ4n) is 6.49. The van der Waals surface area contributed by atoms with Gasteiger partial charge in [-0.2, -0.15) is 0 Å². The van der Waals surface area contributed by atoms with Gasteiger partial charge in [-0.15, -0.1) is 0 Å². The van der Waals surface area contributed by atoms with Crippen LogP contribution in [0.4, 0.5) is 0 Å². The molecule has 2 atom stereocenters. The first-order valence-corrected chi connectivity index (χ1v) is 22.5. The van der Waals surface area contributed by atoms with Crippen LogP contribution >= 0.6 is 0 Å². The summed E-state index contributed by atoms with van der Waals surface area (Å²) >= 11 is 0. The summed E-state index contributed by atoms with van der Waals surface area (Å²) in [6, 6.07) is -0.623. The zero-order chi connectivity index (χ0) is 40.7. The average molecular weight is 777 g/mol. The van der Waals surface area contributed by atoms with Crippen LogP contribution < -0.4 is 0 Å². The van der Waals surface area contributed by atoms with Gasteiger partial charge >= 0.3 is 17.9 Å². The maximum absolute atomic E-state index is 12.7. The topological polar surface area (TPSA) is 99.1 Å². The van der Waals surface area contributed by atoms with E-state index in [-0.39, 0.29) is 42.7 Å². The van der Waals surface area contributed by atoms with Crippen molar-refractivity contribution in [1.82, 2.24) is 0 Å². The number of ether oxygens (including phenoxy) is 3. The lowest BCUT2D eigenvalue weighted by molar-refractivity contribution is -0.887. The van der Waals surface area contributed by atoms with E-state index in [4.69, 9.17) is 14.2 Å². The molecule has 0 radical (unpaired) electrons. The van der Waals surface area contributed by atoms with Crippen LogP contribution in [0.3, 0.4) is 0 Å². The zero-order valence-corrected chi connectivity index (χ0v) is 36.4. The molecular formula is C47H86NO7+. The van der Waals surface area contributed by atoms with Crippen molar-refractivity contribution in [1.29, 1.82) is 0 Å². The molecule has 0 fully saturated rings. The molecule has 0 rings (SSSR count). The summed E-state index contributed by atoms with van der Waals surface area (Å²) in [5, 5.41) is 9.61. The summed E-state index contributed by atoms with van der Waals surface area (Å²) < 4.78 is 17.2. The predicted molar refractivity (Wildman–Crippen MR) is 229 cm³/mol. The molecular weight excluding hydrogens is 691 g/mol. The highest BCUT2D eigenvalue weighted by molar-refractivity contribution is 5.72. The predicted octanol–water partition coefficient (Wildman–Crippen LogP) is 12.2. The van der Waals surface area contributed by atoms with Crippen LogP contribution in [0.5, 0.6) is 0 Å². The number of esters is 2. The molecule has 0 aromatic heterocycles. The van der Waals surface area contributed by atoms with E-state index in [0.717, 1.165) is 44.9 Å². The van der Waals surface area contributed by atoms with Crippen molar-refractivity contribution in [3.63, 3.8) is 0 Å². The standard InChI is InChI=1S/C47H85NO7/c1-6-8-10-12-14-16-18-20-21-22-23-24-26-27-29-31-33-35-37-45(49)54-42-43(41-53-40-39-44(47(51)52)48(3,4)5)55-46(50)38-36-34-32-30-28-25-19-17-15-13-11-9-7-2/h23-25,28,32,34,43-44H,6-22,26-27,29-31,33,35-42H2,1-5H3/p+1/b24-23+,28-25+,34-32+. The minimum atomic E-state index is -0.884. The van der Waals surface area contributed by atoms with E-state index in [0.29, 0.717) is 19.3 Å². The van der Waals surface area contributed by atoms with Gasteiger partial charge in [-0.1, -0.05) is 153 Å². The molecule has 0 aromatic carbocycles. The smallest absolute Gasteiger partial charge is 0.362 e. The van der Waals surface area contributed by atoms with E-state index in [9.17, 15) is 19.5 Å². The molecule has 0 aliphatic carbocycles. The number of aliphatic carboxylic acids is 1. The molecule has 2 unspecified atom stereocenters. The summed E-state index contributed by atoms with van der Waals surface area (Å²) in [4.78, 5) is 36.9. The Morgan fingerprint density at radius 1 is 0.545 bits per heavy atom. The Bertz CT molecular complexity index is 1000. The van der Waals surface area contributed by atoms with Gasteiger partial charge in [0.2, 0.25) is 0 Å². The number of allylic oxidation sites excluding steroid dienone is 6. The molecule has 0 saturated carbocycles. The van der Waals surface area contributed by atoms with Gasteiger partial charge in [0.05, 0.1) is 34.4 Å². The van der Waals surface area contributed by atoms with Crippen LogP contribution in [0.25, 0.3) is 0 Å². The van der Waals surface area contributed by atoms with E-state index in [1.807, 2.05) is 27.2 Å². The monoisotopic (exact) mass is 777 g/mol. The largest absolute Gasteiger partial charge is 0.477 e. The third-order valence-electron chi connectivity index (χ3n) is 10.0. The SMILES string of the molecule is CCCCCCCC/C=C/C/C=C/CCC(=O)OC(COCCC(C(=O)O)[N+](C)(C)C)COC(=O)CCCCCCC/C=C/CCCCCCCCCCC. The first kappa shape index (κ1) is 52.6. The molecule has 0 aromatic rings. The van der Waals surface area contributed by atoms with Crippen LogP contribution in [0.1, 0.15) is 194 Å². The van der Waals surface area contributed by atoms with Gasteiger partial charge in [-0.05, 0) is 57.8 Å². The van der Waals surface area contributed by atoms with Crippen LogP contribution in [0.2, 0.25) is 0 Å². The lowest BCUT2D eigenvalue weighted by Gasteiger charge is -2.31. The number of hydrogen-bond acceptors (Lipinski definition) is 6. The maximum Gasteiger partial charge on any atom is 0.362 e. The van der Waals surface area contributed by atoms with E-state index in [1.165, 1.54) is 109 Å². The van der Waals surface area contributed by atoms with Gasteiger partial charge in [-0.3, -0.25) is 9.59 Å². The number of hydrogen-bond donors (Lipinski definition) is 1. The van der Waals surface area contributed by atoms with E-state index < -0.39 is 18.1 Å². The number of likely N-dealkylation sites (N-methyl/N-ethyl adjacent to an activating group) is 1. The molecule has 0 saturated heterocycles. The summed E-state index contributed by atoms with van der Waals surface area (Å²) in [5.41, 5.74) is 0. The number of nitrogens with zero attached hydrogens (tertiary/aromatic N) is 1. The Balaban J connectivity index is 4.38. The maximum atomic E-state index is 12.7. The van der Waals surface area contributed by atoms with Gasteiger partial charge in [0.15, 0.2) is 12.1 Å². The summed E-state index contributed by atoms with van der Waals surface area (Å²) in [5.74, 6) is -1.56. The summed E-state index contributed by atoms with van der Waals surface area (Å²) in [6.07, 6.45) is 43.5. The highest BCUT2D eigenvalue weighted by atomic mass is 16.6. The van der Waals surface area contributed by atoms with Crippen molar-refractivity contribution in [2.75, 3.05) is 41.0 Å². The molecule has 0 aliphatic heterocycles. The van der Waals surface area contributed by atoms with Crippen LogP contribution in [0, 0.1) is 0 Å². The normalized spacial score (nSPS) is 13.3. The highest BCUT2D eigenvalue weighted by Gasteiger charge is 2.31. The van der Waals surface area contributed by atoms with Crippen molar-refractivity contribution in [3.05, 3.63) is 36.5 Å². The van der Waals surface area contributed by atoms with Gasteiger partial charge in [-0.25, -0.2) is 4.79 Å². The lowest BCUT2D eigenvalue weighted by atomic mass is 10.1. The molecule has 0 aliphatic rings. The molecule has 0 amide bonds. The van der Waals surface area contributed by atoms with Gasteiger partial charge < -0.3 is 23.8 Å². The number of carboxylic acids is 1. The van der Waals surface area contributed by atoms with Crippen LogP contribution in [-0.4, -0.2) is 80.6 Å². The fourth-order valence-corrected chi connectivity index (χ4v) is 6.49. The molecule has 0 spiro atoms.